The maximum atomic E-state index is 6.14. The van der Waals surface area contributed by atoms with Crippen LogP contribution in [0.2, 0.25) is 0 Å². The molecule has 3 heteroatoms. The lowest BCUT2D eigenvalue weighted by atomic mass is 9.94. The number of aromatic nitrogens is 1. The Morgan fingerprint density at radius 1 is 1.38 bits per heavy atom. The van der Waals surface area contributed by atoms with Crippen molar-refractivity contribution in [3.05, 3.63) is 23.9 Å². The fourth-order valence-corrected chi connectivity index (χ4v) is 2.54. The number of hydrogen-bond donors (Lipinski definition) is 0. The molecule has 2 rings (SSSR count). The van der Waals surface area contributed by atoms with Gasteiger partial charge in [-0.3, -0.25) is 0 Å². The van der Waals surface area contributed by atoms with Gasteiger partial charge in [0.1, 0.15) is 5.82 Å². The van der Waals surface area contributed by atoms with E-state index in [1.165, 1.54) is 12.8 Å². The molecule has 1 aromatic heterocycles. The standard InChI is InChI=1S/C13H19ClN2/c1-10-4-3-5-13(15-10)16-8-6-12(7-9-16)11(2)14/h3-5,11-12H,6-9H2,1-2H3. The van der Waals surface area contributed by atoms with Crippen LogP contribution < -0.4 is 4.90 Å². The van der Waals surface area contributed by atoms with Crippen molar-refractivity contribution in [1.29, 1.82) is 0 Å². The first kappa shape index (κ1) is 11.7. The normalized spacial score (nSPS) is 19.8. The van der Waals surface area contributed by atoms with Crippen LogP contribution in [0.25, 0.3) is 0 Å². The molecule has 1 aliphatic rings. The monoisotopic (exact) mass is 238 g/mol. The average molecular weight is 239 g/mol. The molecule has 2 nitrogen and oxygen atoms in total. The fourth-order valence-electron chi connectivity index (χ4n) is 2.29. The average Bonchev–Trinajstić information content (AvgIpc) is 2.29. The van der Waals surface area contributed by atoms with Crippen LogP contribution in [0.5, 0.6) is 0 Å². The van der Waals surface area contributed by atoms with Crippen LogP contribution in [-0.4, -0.2) is 23.5 Å². The van der Waals surface area contributed by atoms with E-state index < -0.39 is 0 Å². The molecule has 1 aliphatic heterocycles. The summed E-state index contributed by atoms with van der Waals surface area (Å²) in [6, 6.07) is 6.21. The van der Waals surface area contributed by atoms with Crippen molar-refractivity contribution in [3.63, 3.8) is 0 Å². The van der Waals surface area contributed by atoms with Gasteiger partial charge >= 0.3 is 0 Å². The lowest BCUT2D eigenvalue weighted by molar-refractivity contribution is 0.398. The smallest absolute Gasteiger partial charge is 0.128 e. The zero-order valence-electron chi connectivity index (χ0n) is 9.99. The van der Waals surface area contributed by atoms with E-state index in [1.807, 2.05) is 13.0 Å². The van der Waals surface area contributed by atoms with Crippen LogP contribution in [0.15, 0.2) is 18.2 Å². The first-order chi connectivity index (χ1) is 7.66. The summed E-state index contributed by atoms with van der Waals surface area (Å²) < 4.78 is 0. The predicted octanol–water partition coefficient (Wildman–Crippen LogP) is 3.23. The highest BCUT2D eigenvalue weighted by molar-refractivity contribution is 6.20. The summed E-state index contributed by atoms with van der Waals surface area (Å²) in [5.41, 5.74) is 1.09. The molecule has 0 spiro atoms. The molecule has 1 aromatic rings. The summed E-state index contributed by atoms with van der Waals surface area (Å²) in [6.45, 7) is 6.31. The zero-order valence-corrected chi connectivity index (χ0v) is 10.7. The van der Waals surface area contributed by atoms with Crippen molar-refractivity contribution >= 4 is 17.4 Å². The maximum absolute atomic E-state index is 6.14. The number of halogens is 1. The van der Waals surface area contributed by atoms with E-state index in [-0.39, 0.29) is 0 Å². The quantitative estimate of drug-likeness (QED) is 0.736. The molecular weight excluding hydrogens is 220 g/mol. The largest absolute Gasteiger partial charge is 0.357 e. The van der Waals surface area contributed by atoms with Crippen LogP contribution >= 0.6 is 11.6 Å². The van der Waals surface area contributed by atoms with E-state index in [0.717, 1.165) is 24.6 Å². The third-order valence-electron chi connectivity index (χ3n) is 3.39. The Bertz CT molecular complexity index is 344. The van der Waals surface area contributed by atoms with Gasteiger partial charge in [-0.15, -0.1) is 11.6 Å². The van der Waals surface area contributed by atoms with Crippen molar-refractivity contribution in [3.8, 4) is 0 Å². The lowest BCUT2D eigenvalue weighted by Crippen LogP contribution is -2.36. The van der Waals surface area contributed by atoms with Gasteiger partial charge in [0.15, 0.2) is 0 Å². The molecule has 1 fully saturated rings. The van der Waals surface area contributed by atoms with Gasteiger partial charge in [-0.1, -0.05) is 6.07 Å². The van der Waals surface area contributed by atoms with Crippen LogP contribution in [0.3, 0.4) is 0 Å². The maximum Gasteiger partial charge on any atom is 0.128 e. The molecule has 1 saturated heterocycles. The molecule has 16 heavy (non-hydrogen) atoms. The summed E-state index contributed by atoms with van der Waals surface area (Å²) in [7, 11) is 0. The van der Waals surface area contributed by atoms with Crippen LogP contribution in [-0.2, 0) is 0 Å². The number of pyridine rings is 1. The Balaban J connectivity index is 1.99. The molecule has 2 heterocycles. The molecule has 0 radical (unpaired) electrons. The Kier molecular flexibility index (Phi) is 3.70. The van der Waals surface area contributed by atoms with E-state index >= 15 is 0 Å². The first-order valence-electron chi connectivity index (χ1n) is 5.99. The van der Waals surface area contributed by atoms with E-state index in [4.69, 9.17) is 11.6 Å². The minimum atomic E-state index is 0.299. The van der Waals surface area contributed by atoms with E-state index in [0.29, 0.717) is 11.3 Å². The van der Waals surface area contributed by atoms with Crippen molar-refractivity contribution in [2.24, 2.45) is 5.92 Å². The zero-order chi connectivity index (χ0) is 11.5. The van der Waals surface area contributed by atoms with Gasteiger partial charge in [0, 0.05) is 24.2 Å². The second-order valence-electron chi connectivity index (χ2n) is 4.64. The number of hydrogen-bond acceptors (Lipinski definition) is 2. The van der Waals surface area contributed by atoms with Gasteiger partial charge in [0.05, 0.1) is 0 Å². The highest BCUT2D eigenvalue weighted by Crippen LogP contribution is 2.26. The van der Waals surface area contributed by atoms with Crippen LogP contribution in [0.4, 0.5) is 5.82 Å². The summed E-state index contributed by atoms with van der Waals surface area (Å²) in [6.07, 6.45) is 2.36. The molecule has 88 valence electrons. The van der Waals surface area contributed by atoms with Crippen LogP contribution in [0, 0.1) is 12.8 Å². The topological polar surface area (TPSA) is 16.1 Å². The molecule has 0 aromatic carbocycles. The van der Waals surface area contributed by atoms with Gasteiger partial charge in [0.2, 0.25) is 0 Å². The highest BCUT2D eigenvalue weighted by Gasteiger charge is 2.23. The molecule has 1 atom stereocenters. The predicted molar refractivity (Wildman–Crippen MR) is 69.2 cm³/mol. The Labute approximate surface area is 103 Å². The van der Waals surface area contributed by atoms with E-state index in [2.05, 4.69) is 28.9 Å². The van der Waals surface area contributed by atoms with Crippen LogP contribution in [0.1, 0.15) is 25.5 Å². The SMILES string of the molecule is Cc1cccc(N2CCC(C(C)Cl)CC2)n1. The summed E-state index contributed by atoms with van der Waals surface area (Å²) in [4.78, 5) is 6.92. The fraction of sp³-hybridized carbons (Fsp3) is 0.615. The second-order valence-corrected chi connectivity index (χ2v) is 5.33. The Morgan fingerprint density at radius 3 is 2.62 bits per heavy atom. The van der Waals surface area contributed by atoms with Gasteiger partial charge in [-0.2, -0.15) is 0 Å². The number of rotatable bonds is 2. The van der Waals surface area contributed by atoms with Crippen molar-refractivity contribution in [2.45, 2.75) is 32.1 Å². The summed E-state index contributed by atoms with van der Waals surface area (Å²) in [5, 5.41) is 0.299. The molecule has 0 bridgehead atoms. The van der Waals surface area contributed by atoms with Crippen molar-refractivity contribution in [1.82, 2.24) is 4.98 Å². The molecular formula is C13H19ClN2. The van der Waals surface area contributed by atoms with Crippen molar-refractivity contribution < 1.29 is 0 Å². The highest BCUT2D eigenvalue weighted by atomic mass is 35.5. The Morgan fingerprint density at radius 2 is 2.06 bits per heavy atom. The number of alkyl halides is 1. The minimum absolute atomic E-state index is 0.299. The lowest BCUT2D eigenvalue weighted by Gasteiger charge is -2.34. The van der Waals surface area contributed by atoms with Crippen molar-refractivity contribution in [2.75, 3.05) is 18.0 Å². The van der Waals surface area contributed by atoms with E-state index in [9.17, 15) is 0 Å². The third-order valence-corrected chi connectivity index (χ3v) is 3.74. The number of piperidine rings is 1. The Hall–Kier alpha value is -0.760. The third kappa shape index (κ3) is 2.67. The minimum Gasteiger partial charge on any atom is -0.357 e. The van der Waals surface area contributed by atoms with E-state index in [1.54, 1.807) is 0 Å². The summed E-state index contributed by atoms with van der Waals surface area (Å²) in [5.74, 6) is 1.78. The first-order valence-corrected chi connectivity index (χ1v) is 6.43. The van der Waals surface area contributed by atoms with Gasteiger partial charge in [0.25, 0.3) is 0 Å². The molecule has 0 N–H and O–H groups in total. The van der Waals surface area contributed by atoms with Gasteiger partial charge in [-0.25, -0.2) is 4.98 Å². The molecule has 0 amide bonds. The molecule has 1 unspecified atom stereocenters. The van der Waals surface area contributed by atoms with Gasteiger partial charge < -0.3 is 4.90 Å². The second kappa shape index (κ2) is 5.05. The number of aryl methyl sites for hydroxylation is 1. The summed E-state index contributed by atoms with van der Waals surface area (Å²) >= 11 is 6.14. The number of nitrogens with zero attached hydrogens (tertiary/aromatic N) is 2. The van der Waals surface area contributed by atoms with Gasteiger partial charge in [-0.05, 0) is 44.7 Å². The molecule has 0 saturated carbocycles. The molecule has 0 aliphatic carbocycles. The number of anilines is 1.